The van der Waals surface area contributed by atoms with Crippen LogP contribution in [0, 0.1) is 66.3 Å². The zero-order chi connectivity index (χ0) is 41.6. The molecule has 8 saturated carbocycles. The normalized spacial score (nSPS) is 29.7. The Kier molecular flexibility index (Phi) is 11.3. The number of aromatic nitrogens is 1. The number of pyridine rings is 1. The van der Waals surface area contributed by atoms with Crippen LogP contribution in [0.25, 0.3) is 44.4 Å². The van der Waals surface area contributed by atoms with Gasteiger partial charge >= 0.3 is 0 Å². The number of aliphatic hydroxyl groups is 1. The fraction of sp³-hybridized carbons (Fsp3) is 0.464. The largest absolute Gasteiger partial charge is 0.511 e. The first-order chi connectivity index (χ1) is 28.7. The van der Waals surface area contributed by atoms with Crippen LogP contribution in [0.1, 0.15) is 95.1 Å². The van der Waals surface area contributed by atoms with Gasteiger partial charge in [0.15, 0.2) is 5.78 Å². The molecule has 5 heteroatoms. The average Bonchev–Trinajstić information content (AvgIpc) is 3.21. The molecule has 3 nitrogen and oxygen atoms in total. The number of hydrogen-bond donors (Lipinski definition) is 1. The predicted octanol–water partition coefficient (Wildman–Crippen LogP) is 14.0. The number of rotatable bonds is 7. The van der Waals surface area contributed by atoms with E-state index in [2.05, 4.69) is 131 Å². The number of nitrogens with zero attached hydrogens (tertiary/aromatic N) is 1. The van der Waals surface area contributed by atoms with Gasteiger partial charge in [-0.2, -0.15) is 0 Å². The maximum absolute atomic E-state index is 13.7. The van der Waals surface area contributed by atoms with E-state index in [4.69, 9.17) is 4.98 Å². The Labute approximate surface area is 379 Å². The van der Waals surface area contributed by atoms with Crippen LogP contribution in [-0.4, -0.2) is 23.9 Å². The van der Waals surface area contributed by atoms with E-state index in [0.29, 0.717) is 11.5 Å². The van der Waals surface area contributed by atoms with Crippen molar-refractivity contribution in [2.24, 2.45) is 46.3 Å². The Hall–Kier alpha value is -3.63. The van der Waals surface area contributed by atoms with Crippen molar-refractivity contribution in [1.82, 2.24) is 4.98 Å². The van der Waals surface area contributed by atoms with Crippen LogP contribution in [0.3, 0.4) is 0 Å². The molecule has 61 heavy (non-hydrogen) atoms. The van der Waals surface area contributed by atoms with E-state index < -0.39 is 8.07 Å². The molecular formula is C56H64IrNO2Si-. The standard InChI is InChI=1S/C32H30NSi.C24H34O2.Ir/c1-22-17-23(2)19-25(18-22)32-21-29(30-20-26(34(3,4)5)15-16-31(30)33-32)28-14-10-9-13-27(28)24-11-7-6-8-12-24;1-14(21(25)23-8-15-2-16(9-23)4-17(3-15)10-23)22(26)24-11-18-5-19(12-24)7-20(6-18)13-24;/h6-18,20-21H,1-5H3;15-20,25H,2-13H2,1H3;/q-1;;/b;21-14-;. The molecule has 8 aliphatic rings. The van der Waals surface area contributed by atoms with Gasteiger partial charge in [-0.05, 0) is 153 Å². The number of aryl methyl sites for hydroxylation is 2. The van der Waals surface area contributed by atoms with Crippen molar-refractivity contribution >= 4 is 29.9 Å². The number of benzene rings is 4. The number of carbonyl (C=O) groups excluding carboxylic acids is 1. The molecule has 319 valence electrons. The Morgan fingerprint density at radius 2 is 1.18 bits per heavy atom. The van der Waals surface area contributed by atoms with Crippen molar-refractivity contribution < 1.29 is 30.0 Å². The molecule has 8 bridgehead atoms. The molecule has 5 aromatic rings. The van der Waals surface area contributed by atoms with Crippen molar-refractivity contribution in [1.29, 1.82) is 0 Å². The number of Topliss-reactive ketones (excluding diaryl/α,β-unsaturated/α-hetero) is 1. The van der Waals surface area contributed by atoms with Gasteiger partial charge < -0.3 is 5.11 Å². The van der Waals surface area contributed by atoms with Gasteiger partial charge in [0, 0.05) is 41.9 Å². The molecule has 0 atom stereocenters. The summed E-state index contributed by atoms with van der Waals surface area (Å²) in [6.45, 7) is 13.4. The van der Waals surface area contributed by atoms with Crippen LogP contribution in [0.2, 0.25) is 19.6 Å². The van der Waals surface area contributed by atoms with Crippen LogP contribution in [0.4, 0.5) is 0 Å². The first-order valence-corrected chi connectivity index (χ1v) is 26.8. The van der Waals surface area contributed by atoms with E-state index in [1.54, 1.807) is 0 Å². The fourth-order valence-corrected chi connectivity index (χ4v) is 15.5. The molecular weight excluding hydrogens is 939 g/mol. The second-order valence-corrected chi connectivity index (χ2v) is 27.0. The first-order valence-electron chi connectivity index (χ1n) is 23.3. The summed E-state index contributed by atoms with van der Waals surface area (Å²) >= 11 is 0. The molecule has 0 spiro atoms. The Morgan fingerprint density at radius 3 is 1.72 bits per heavy atom. The third-order valence-electron chi connectivity index (χ3n) is 16.2. The topological polar surface area (TPSA) is 50.2 Å². The first kappa shape index (κ1) is 42.7. The summed E-state index contributed by atoms with van der Waals surface area (Å²) in [5.74, 6) is 5.70. The number of aliphatic hydroxyl groups excluding tert-OH is 1. The molecule has 13 rings (SSSR count). The number of hydrogen-bond acceptors (Lipinski definition) is 3. The molecule has 0 unspecified atom stereocenters. The van der Waals surface area contributed by atoms with E-state index in [1.165, 1.54) is 76.9 Å². The average molecular weight is 1000 g/mol. The van der Waals surface area contributed by atoms with Crippen LogP contribution in [0.5, 0.6) is 0 Å². The quantitative estimate of drug-likeness (QED) is 0.0765. The van der Waals surface area contributed by atoms with Gasteiger partial charge in [0.1, 0.15) is 5.76 Å². The zero-order valence-electron chi connectivity index (χ0n) is 37.2. The summed E-state index contributed by atoms with van der Waals surface area (Å²) in [6, 6.07) is 36.4. The van der Waals surface area contributed by atoms with Crippen LogP contribution < -0.4 is 5.19 Å². The third kappa shape index (κ3) is 7.99. The Balaban J connectivity index is 0.000000158. The molecule has 8 fully saturated rings. The summed E-state index contributed by atoms with van der Waals surface area (Å²) in [7, 11) is -1.48. The SMILES string of the molecule is C/C(C(=O)C12CC3CC(CC(C3)C1)C2)=C(/O)C12CC3CC(CC(C3)C1)C2.Cc1[c-]c(-c2cc(-c3ccccc3-c3ccccc3)c3cc([Si](C)(C)C)ccc3n2)cc(C)c1.[Ir]. The smallest absolute Gasteiger partial charge is 0.168 e. The Morgan fingerprint density at radius 1 is 0.656 bits per heavy atom. The summed E-state index contributed by atoms with van der Waals surface area (Å²) in [6.07, 6.45) is 15.1. The maximum atomic E-state index is 13.7. The van der Waals surface area contributed by atoms with E-state index >= 15 is 0 Å². The minimum atomic E-state index is -1.48. The molecule has 1 N–H and O–H groups in total. The van der Waals surface area contributed by atoms with Crippen molar-refractivity contribution in [2.75, 3.05) is 0 Å². The minimum absolute atomic E-state index is 0. The van der Waals surface area contributed by atoms with Crippen molar-refractivity contribution in [3.8, 4) is 33.5 Å². The second-order valence-electron chi connectivity index (χ2n) is 21.9. The van der Waals surface area contributed by atoms with Crippen molar-refractivity contribution in [3.63, 3.8) is 0 Å². The van der Waals surface area contributed by atoms with Gasteiger partial charge in [-0.1, -0.05) is 111 Å². The Bertz CT molecular complexity index is 2420. The van der Waals surface area contributed by atoms with Crippen LogP contribution >= 0.6 is 0 Å². The molecule has 1 aromatic heterocycles. The van der Waals surface area contributed by atoms with Gasteiger partial charge in [0.2, 0.25) is 0 Å². The molecule has 1 radical (unpaired) electrons. The molecule has 0 amide bonds. The fourth-order valence-electron chi connectivity index (χ4n) is 14.4. The molecule has 4 aromatic carbocycles. The van der Waals surface area contributed by atoms with Crippen molar-refractivity contribution in [3.05, 3.63) is 120 Å². The van der Waals surface area contributed by atoms with E-state index in [-0.39, 0.29) is 30.9 Å². The second kappa shape index (κ2) is 16.2. The van der Waals surface area contributed by atoms with Crippen molar-refractivity contribution in [2.45, 2.75) is 117 Å². The molecule has 1 heterocycles. The molecule has 0 saturated heterocycles. The summed E-state index contributed by atoms with van der Waals surface area (Å²) in [5.41, 5.74) is 11.0. The molecule has 8 aliphatic carbocycles. The monoisotopic (exact) mass is 1000 g/mol. The van der Waals surface area contributed by atoms with Gasteiger partial charge in [0.25, 0.3) is 0 Å². The van der Waals surface area contributed by atoms with Gasteiger partial charge in [-0.15, -0.1) is 34.9 Å². The minimum Gasteiger partial charge on any atom is -0.511 e. The predicted molar refractivity (Wildman–Crippen MR) is 251 cm³/mol. The van der Waals surface area contributed by atoms with E-state index in [0.717, 1.165) is 102 Å². The maximum Gasteiger partial charge on any atom is 0.168 e. The van der Waals surface area contributed by atoms with E-state index in [1.807, 2.05) is 6.92 Å². The summed E-state index contributed by atoms with van der Waals surface area (Å²) < 4.78 is 0. The number of carbonyl (C=O) groups is 1. The zero-order valence-corrected chi connectivity index (χ0v) is 40.6. The summed E-state index contributed by atoms with van der Waals surface area (Å²) in [4.78, 5) is 18.8. The van der Waals surface area contributed by atoms with Gasteiger partial charge in [0.05, 0.1) is 13.6 Å². The van der Waals surface area contributed by atoms with Crippen LogP contribution in [0.15, 0.2) is 102 Å². The summed E-state index contributed by atoms with van der Waals surface area (Å²) in [5, 5.41) is 14.1. The van der Waals surface area contributed by atoms with Crippen LogP contribution in [-0.2, 0) is 24.9 Å². The third-order valence-corrected chi connectivity index (χ3v) is 18.2. The van der Waals surface area contributed by atoms with Gasteiger partial charge in [-0.25, -0.2) is 0 Å². The van der Waals surface area contributed by atoms with Gasteiger partial charge in [-0.3, -0.25) is 9.78 Å². The molecule has 0 aliphatic heterocycles. The van der Waals surface area contributed by atoms with E-state index in [9.17, 15) is 9.90 Å². The number of fused-ring (bicyclic) bond motifs is 1. The number of allylic oxidation sites excluding steroid dienone is 2. The number of ketones is 1.